The quantitative estimate of drug-likeness (QED) is 0.618. The molecule has 5 N–H and O–H groups in total. The zero-order valence-corrected chi connectivity index (χ0v) is 11.2. The highest BCUT2D eigenvalue weighted by Gasteiger charge is 2.31. The minimum atomic E-state index is -0.849. The zero-order chi connectivity index (χ0) is 15.4. The third kappa shape index (κ3) is 3.62. The molecule has 0 bridgehead atoms. The van der Waals surface area contributed by atoms with Gasteiger partial charge in [0.05, 0.1) is 25.3 Å². The second-order valence-corrected chi connectivity index (χ2v) is 4.61. The molecule has 0 aliphatic carbocycles. The number of rotatable bonds is 5. The van der Waals surface area contributed by atoms with Gasteiger partial charge in [0.25, 0.3) is 5.91 Å². The number of amides is 3. The molecular weight excluding hydrogens is 276 g/mol. The SMILES string of the molecule is NC(=O)CN(CC(N)=O)C(=O)C1CNc2ccccc2O1. The van der Waals surface area contributed by atoms with Gasteiger partial charge < -0.3 is 26.4 Å². The van der Waals surface area contributed by atoms with Crippen molar-refractivity contribution in [3.05, 3.63) is 24.3 Å². The number of hydrogen-bond acceptors (Lipinski definition) is 5. The fourth-order valence-corrected chi connectivity index (χ4v) is 2.04. The van der Waals surface area contributed by atoms with Crippen molar-refractivity contribution in [2.45, 2.75) is 6.10 Å². The summed E-state index contributed by atoms with van der Waals surface area (Å²) in [5.74, 6) is -1.45. The Balaban J connectivity index is 2.11. The maximum absolute atomic E-state index is 12.3. The van der Waals surface area contributed by atoms with E-state index in [1.807, 2.05) is 12.1 Å². The van der Waals surface area contributed by atoms with Gasteiger partial charge in [-0.2, -0.15) is 0 Å². The van der Waals surface area contributed by atoms with E-state index in [0.29, 0.717) is 5.75 Å². The summed E-state index contributed by atoms with van der Waals surface area (Å²) in [6.45, 7) is -0.545. The van der Waals surface area contributed by atoms with Crippen LogP contribution in [0.25, 0.3) is 0 Å². The predicted molar refractivity (Wildman–Crippen MR) is 74.3 cm³/mol. The summed E-state index contributed by atoms with van der Waals surface area (Å²) in [5, 5.41) is 3.05. The van der Waals surface area contributed by atoms with Gasteiger partial charge in [0.15, 0.2) is 6.10 Å². The van der Waals surface area contributed by atoms with E-state index in [-0.39, 0.29) is 19.6 Å². The molecule has 3 amide bonds. The lowest BCUT2D eigenvalue weighted by Gasteiger charge is -2.30. The molecule has 0 radical (unpaired) electrons. The number of carbonyl (C=O) groups is 3. The number of nitrogens with zero attached hydrogens (tertiary/aromatic N) is 1. The van der Waals surface area contributed by atoms with E-state index in [0.717, 1.165) is 10.6 Å². The number of benzene rings is 1. The first-order valence-electron chi connectivity index (χ1n) is 6.32. The highest BCUT2D eigenvalue weighted by molar-refractivity contribution is 5.91. The van der Waals surface area contributed by atoms with Crippen LogP contribution in [0.1, 0.15) is 0 Å². The van der Waals surface area contributed by atoms with Crippen molar-refractivity contribution in [1.82, 2.24) is 4.90 Å². The van der Waals surface area contributed by atoms with Crippen molar-refractivity contribution in [3.8, 4) is 5.75 Å². The Labute approximate surface area is 121 Å². The predicted octanol–water partition coefficient (Wildman–Crippen LogP) is -1.34. The van der Waals surface area contributed by atoms with Crippen molar-refractivity contribution in [2.75, 3.05) is 25.0 Å². The van der Waals surface area contributed by atoms with Gasteiger partial charge in [-0.05, 0) is 12.1 Å². The topological polar surface area (TPSA) is 128 Å². The number of hydrogen-bond donors (Lipinski definition) is 3. The van der Waals surface area contributed by atoms with E-state index in [1.165, 1.54) is 0 Å². The molecule has 1 heterocycles. The van der Waals surface area contributed by atoms with Gasteiger partial charge in [-0.25, -0.2) is 0 Å². The summed E-state index contributed by atoms with van der Waals surface area (Å²) in [4.78, 5) is 35.3. The average Bonchev–Trinajstić information content (AvgIpc) is 2.44. The summed E-state index contributed by atoms with van der Waals surface area (Å²) in [6.07, 6.45) is -0.849. The Hall–Kier alpha value is -2.77. The maximum Gasteiger partial charge on any atom is 0.266 e. The van der Waals surface area contributed by atoms with Crippen molar-refractivity contribution in [1.29, 1.82) is 0 Å². The number of ether oxygens (including phenoxy) is 1. The number of nitrogens with two attached hydrogens (primary N) is 2. The summed E-state index contributed by atoms with van der Waals surface area (Å²) < 4.78 is 5.58. The molecule has 0 saturated carbocycles. The number of primary amides is 2. The van der Waals surface area contributed by atoms with Crippen molar-refractivity contribution < 1.29 is 19.1 Å². The minimum absolute atomic E-state index is 0.226. The van der Waals surface area contributed by atoms with Crippen LogP contribution in [0, 0.1) is 0 Å². The van der Waals surface area contributed by atoms with Crippen LogP contribution in [0.2, 0.25) is 0 Å². The number of anilines is 1. The van der Waals surface area contributed by atoms with E-state index >= 15 is 0 Å². The van der Waals surface area contributed by atoms with Crippen LogP contribution in [0.15, 0.2) is 24.3 Å². The molecule has 0 aromatic heterocycles. The normalized spacial score (nSPS) is 16.1. The molecule has 1 aliphatic rings. The number of para-hydroxylation sites is 2. The van der Waals surface area contributed by atoms with E-state index < -0.39 is 23.8 Å². The number of fused-ring (bicyclic) bond motifs is 1. The summed E-state index contributed by atoms with van der Waals surface area (Å²) in [5.41, 5.74) is 10.9. The molecule has 8 nitrogen and oxygen atoms in total. The molecule has 8 heteroatoms. The summed E-state index contributed by atoms with van der Waals surface area (Å²) in [7, 11) is 0. The molecule has 1 atom stereocenters. The first-order valence-corrected chi connectivity index (χ1v) is 6.32. The Kier molecular flexibility index (Phi) is 4.27. The maximum atomic E-state index is 12.3. The van der Waals surface area contributed by atoms with E-state index in [2.05, 4.69) is 5.32 Å². The highest BCUT2D eigenvalue weighted by Crippen LogP contribution is 2.28. The minimum Gasteiger partial charge on any atom is -0.477 e. The lowest BCUT2D eigenvalue weighted by molar-refractivity contribution is -0.143. The van der Waals surface area contributed by atoms with Gasteiger partial charge in [0, 0.05) is 0 Å². The van der Waals surface area contributed by atoms with Crippen LogP contribution in [0.5, 0.6) is 5.75 Å². The van der Waals surface area contributed by atoms with Gasteiger partial charge >= 0.3 is 0 Å². The van der Waals surface area contributed by atoms with Crippen molar-refractivity contribution in [2.24, 2.45) is 11.5 Å². The molecule has 21 heavy (non-hydrogen) atoms. The van der Waals surface area contributed by atoms with Crippen LogP contribution < -0.4 is 21.5 Å². The van der Waals surface area contributed by atoms with Crippen LogP contribution in [-0.4, -0.2) is 48.4 Å². The number of carbonyl (C=O) groups excluding carboxylic acids is 3. The smallest absolute Gasteiger partial charge is 0.266 e. The van der Waals surface area contributed by atoms with Crippen molar-refractivity contribution >= 4 is 23.4 Å². The highest BCUT2D eigenvalue weighted by atomic mass is 16.5. The van der Waals surface area contributed by atoms with Gasteiger partial charge in [-0.3, -0.25) is 14.4 Å². The lowest BCUT2D eigenvalue weighted by Crippen LogP contribution is -2.51. The molecule has 0 spiro atoms. The van der Waals surface area contributed by atoms with Crippen molar-refractivity contribution in [3.63, 3.8) is 0 Å². The molecule has 2 rings (SSSR count). The van der Waals surface area contributed by atoms with E-state index in [1.54, 1.807) is 12.1 Å². The molecular formula is C13H16N4O4. The van der Waals surface area contributed by atoms with Crippen LogP contribution >= 0.6 is 0 Å². The summed E-state index contributed by atoms with van der Waals surface area (Å²) >= 11 is 0. The standard InChI is InChI=1S/C13H16N4O4/c14-11(18)6-17(7-12(15)19)13(20)10-5-16-8-3-1-2-4-9(8)21-10/h1-4,10,16H,5-7H2,(H2,14,18)(H2,15,19). The monoisotopic (exact) mass is 292 g/mol. The zero-order valence-electron chi connectivity index (χ0n) is 11.2. The first kappa shape index (κ1) is 14.6. The largest absolute Gasteiger partial charge is 0.477 e. The van der Waals surface area contributed by atoms with E-state index in [4.69, 9.17) is 16.2 Å². The van der Waals surface area contributed by atoms with Crippen LogP contribution in [0.3, 0.4) is 0 Å². The fourth-order valence-electron chi connectivity index (χ4n) is 2.04. The lowest BCUT2D eigenvalue weighted by atomic mass is 10.2. The van der Waals surface area contributed by atoms with Crippen LogP contribution in [0.4, 0.5) is 5.69 Å². The van der Waals surface area contributed by atoms with Crippen LogP contribution in [-0.2, 0) is 14.4 Å². The second kappa shape index (κ2) is 6.12. The van der Waals surface area contributed by atoms with Gasteiger partial charge in [-0.15, -0.1) is 0 Å². The van der Waals surface area contributed by atoms with E-state index in [9.17, 15) is 14.4 Å². The van der Waals surface area contributed by atoms with Gasteiger partial charge in [0.1, 0.15) is 5.75 Å². The number of nitrogens with one attached hydrogen (secondary N) is 1. The second-order valence-electron chi connectivity index (χ2n) is 4.61. The molecule has 1 aromatic carbocycles. The molecule has 112 valence electrons. The average molecular weight is 292 g/mol. The fraction of sp³-hybridized carbons (Fsp3) is 0.308. The first-order chi connectivity index (χ1) is 9.97. The molecule has 1 aliphatic heterocycles. The van der Waals surface area contributed by atoms with Gasteiger partial charge in [0.2, 0.25) is 11.8 Å². The molecule has 0 fully saturated rings. The Morgan fingerprint density at radius 2 is 1.81 bits per heavy atom. The Bertz CT molecular complexity index is 559. The summed E-state index contributed by atoms with van der Waals surface area (Å²) in [6, 6.07) is 7.15. The molecule has 0 saturated heterocycles. The Morgan fingerprint density at radius 1 is 1.19 bits per heavy atom. The third-order valence-electron chi connectivity index (χ3n) is 2.91. The molecule has 1 unspecified atom stereocenters. The molecule has 1 aromatic rings. The Morgan fingerprint density at radius 3 is 2.43 bits per heavy atom. The third-order valence-corrected chi connectivity index (χ3v) is 2.91. The van der Waals surface area contributed by atoms with Gasteiger partial charge in [-0.1, -0.05) is 12.1 Å².